The molecule has 2 aromatic rings. The standard InChI is InChI=1S/C27H35ClN4O4/c1-35-24-15-22(29)21(28)14-20(24)26(33)30-23-10-11-31(17-25(23)36-2)16-18-8-12-32(13-9-18)27(34)19-6-4-3-5-7-19/h3-7,14-15,18,23,25H,8-13,16-17,29H2,1-2H3,(H,30,33)/t23-,25+/m0/s1. The third kappa shape index (κ3) is 6.11. The molecule has 2 aliphatic heterocycles. The number of carbonyl (C=O) groups excluding carboxylic acids is 2. The summed E-state index contributed by atoms with van der Waals surface area (Å²) in [6.07, 6.45) is 2.63. The first-order valence-corrected chi connectivity index (χ1v) is 12.8. The van der Waals surface area contributed by atoms with Gasteiger partial charge in [-0.25, -0.2) is 0 Å². The summed E-state index contributed by atoms with van der Waals surface area (Å²) in [4.78, 5) is 30.1. The number of benzene rings is 2. The number of amides is 2. The summed E-state index contributed by atoms with van der Waals surface area (Å²) in [7, 11) is 3.18. The van der Waals surface area contributed by atoms with Gasteiger partial charge in [-0.15, -0.1) is 0 Å². The van der Waals surface area contributed by atoms with E-state index in [1.807, 2.05) is 35.2 Å². The average Bonchev–Trinajstić information content (AvgIpc) is 2.91. The van der Waals surface area contributed by atoms with Crippen LogP contribution in [0.2, 0.25) is 5.02 Å². The first-order valence-electron chi connectivity index (χ1n) is 12.4. The number of rotatable bonds is 7. The first-order chi connectivity index (χ1) is 17.4. The lowest BCUT2D eigenvalue weighted by Gasteiger charge is -2.41. The van der Waals surface area contributed by atoms with Crippen molar-refractivity contribution in [1.82, 2.24) is 15.1 Å². The van der Waals surface area contributed by atoms with Gasteiger partial charge in [0.05, 0.1) is 35.5 Å². The van der Waals surface area contributed by atoms with E-state index in [9.17, 15) is 9.59 Å². The fourth-order valence-corrected chi connectivity index (χ4v) is 5.32. The number of carbonyl (C=O) groups is 2. The molecule has 2 amide bonds. The summed E-state index contributed by atoms with van der Waals surface area (Å²) in [6, 6.07) is 12.5. The Balaban J connectivity index is 1.28. The van der Waals surface area contributed by atoms with E-state index in [2.05, 4.69) is 10.2 Å². The summed E-state index contributed by atoms with van der Waals surface area (Å²) >= 11 is 6.14. The normalized spacial score (nSPS) is 21.2. The monoisotopic (exact) mass is 514 g/mol. The van der Waals surface area contributed by atoms with Crippen LogP contribution in [0.1, 0.15) is 40.0 Å². The SMILES string of the molecule is COc1cc(N)c(Cl)cc1C(=O)N[C@H]1CCN(CC2CCN(C(=O)c3ccccc3)CC2)C[C@H]1OC. The molecular formula is C27H35ClN4O4. The number of nitrogen functional groups attached to an aromatic ring is 1. The van der Waals surface area contributed by atoms with E-state index in [1.165, 1.54) is 13.2 Å². The zero-order valence-electron chi connectivity index (χ0n) is 20.9. The Hall–Kier alpha value is -2.81. The number of nitrogens with two attached hydrogens (primary N) is 1. The van der Waals surface area contributed by atoms with Crippen LogP contribution in [-0.4, -0.2) is 80.7 Å². The fraction of sp³-hybridized carbons (Fsp3) is 0.481. The van der Waals surface area contributed by atoms with E-state index >= 15 is 0 Å². The van der Waals surface area contributed by atoms with Crippen molar-refractivity contribution in [2.45, 2.75) is 31.4 Å². The topological polar surface area (TPSA) is 97.1 Å². The second-order valence-corrected chi connectivity index (χ2v) is 9.99. The maximum atomic E-state index is 13.0. The van der Waals surface area contributed by atoms with E-state index in [0.717, 1.165) is 57.5 Å². The van der Waals surface area contributed by atoms with Crippen molar-refractivity contribution in [1.29, 1.82) is 0 Å². The zero-order chi connectivity index (χ0) is 25.7. The molecule has 0 aromatic heterocycles. The summed E-state index contributed by atoms with van der Waals surface area (Å²) < 4.78 is 11.1. The Morgan fingerprint density at radius 3 is 2.47 bits per heavy atom. The Morgan fingerprint density at radius 1 is 1.08 bits per heavy atom. The first kappa shape index (κ1) is 26.3. The molecule has 2 fully saturated rings. The predicted octanol–water partition coefficient (Wildman–Crippen LogP) is 3.30. The molecule has 194 valence electrons. The molecule has 0 bridgehead atoms. The van der Waals surface area contributed by atoms with Gasteiger partial charge >= 0.3 is 0 Å². The van der Waals surface area contributed by atoms with E-state index in [-0.39, 0.29) is 24.0 Å². The Kier molecular flexibility index (Phi) is 8.72. The minimum Gasteiger partial charge on any atom is -0.496 e. The van der Waals surface area contributed by atoms with Gasteiger partial charge in [-0.05, 0) is 43.4 Å². The number of likely N-dealkylation sites (tertiary alicyclic amines) is 2. The highest BCUT2D eigenvalue weighted by Gasteiger charge is 2.33. The fourth-order valence-electron chi connectivity index (χ4n) is 5.16. The number of piperidine rings is 2. The quantitative estimate of drug-likeness (QED) is 0.550. The number of ether oxygens (including phenoxy) is 2. The molecule has 8 nitrogen and oxygen atoms in total. The lowest BCUT2D eigenvalue weighted by molar-refractivity contribution is -0.00110. The largest absolute Gasteiger partial charge is 0.496 e. The second kappa shape index (κ2) is 12.0. The number of methoxy groups -OCH3 is 2. The Morgan fingerprint density at radius 2 is 1.81 bits per heavy atom. The number of hydrogen-bond acceptors (Lipinski definition) is 6. The van der Waals surface area contributed by atoms with Gasteiger partial charge in [-0.1, -0.05) is 29.8 Å². The molecule has 0 radical (unpaired) electrons. The number of nitrogens with one attached hydrogen (secondary N) is 1. The summed E-state index contributed by atoms with van der Waals surface area (Å²) in [5, 5.41) is 3.42. The summed E-state index contributed by atoms with van der Waals surface area (Å²) in [5.74, 6) is 0.779. The van der Waals surface area contributed by atoms with Crippen LogP contribution in [0.25, 0.3) is 0 Å². The third-order valence-electron chi connectivity index (χ3n) is 7.26. The lowest BCUT2D eigenvalue weighted by Crippen LogP contribution is -2.55. The van der Waals surface area contributed by atoms with Crippen molar-refractivity contribution in [3.05, 3.63) is 58.6 Å². The van der Waals surface area contributed by atoms with Crippen molar-refractivity contribution in [3.8, 4) is 5.75 Å². The van der Waals surface area contributed by atoms with Crippen LogP contribution in [0.15, 0.2) is 42.5 Å². The Labute approximate surface area is 217 Å². The number of anilines is 1. The molecule has 0 aliphatic carbocycles. The van der Waals surface area contributed by atoms with Crippen LogP contribution in [0.4, 0.5) is 5.69 Å². The number of hydrogen-bond donors (Lipinski definition) is 2. The van der Waals surface area contributed by atoms with Crippen LogP contribution in [-0.2, 0) is 4.74 Å². The van der Waals surface area contributed by atoms with Crippen molar-refractivity contribution >= 4 is 29.1 Å². The molecule has 4 rings (SSSR count). The van der Waals surface area contributed by atoms with E-state index in [0.29, 0.717) is 27.9 Å². The molecule has 0 unspecified atom stereocenters. The minimum atomic E-state index is -0.260. The van der Waals surface area contributed by atoms with E-state index in [4.69, 9.17) is 26.8 Å². The molecule has 3 N–H and O–H groups in total. The van der Waals surface area contributed by atoms with Crippen LogP contribution in [0, 0.1) is 5.92 Å². The summed E-state index contributed by atoms with van der Waals surface area (Å²) in [6.45, 7) is 4.14. The molecule has 2 atom stereocenters. The zero-order valence-corrected chi connectivity index (χ0v) is 21.7. The average molecular weight is 515 g/mol. The van der Waals surface area contributed by atoms with Gasteiger partial charge in [0.15, 0.2) is 0 Å². The highest BCUT2D eigenvalue weighted by atomic mass is 35.5. The van der Waals surface area contributed by atoms with Crippen molar-refractivity contribution in [2.24, 2.45) is 5.92 Å². The number of nitrogens with zero attached hydrogens (tertiary/aromatic N) is 2. The van der Waals surface area contributed by atoms with Gasteiger partial charge in [0.2, 0.25) is 0 Å². The van der Waals surface area contributed by atoms with Gasteiger partial charge in [0.1, 0.15) is 5.75 Å². The number of halogens is 1. The molecule has 2 saturated heterocycles. The van der Waals surface area contributed by atoms with Crippen molar-refractivity contribution < 1.29 is 19.1 Å². The molecule has 2 heterocycles. The van der Waals surface area contributed by atoms with Gasteiger partial charge in [-0.2, -0.15) is 0 Å². The van der Waals surface area contributed by atoms with Crippen molar-refractivity contribution in [3.63, 3.8) is 0 Å². The minimum absolute atomic E-state index is 0.115. The predicted molar refractivity (Wildman–Crippen MR) is 141 cm³/mol. The van der Waals surface area contributed by atoms with Crippen LogP contribution >= 0.6 is 11.6 Å². The molecule has 36 heavy (non-hydrogen) atoms. The lowest BCUT2D eigenvalue weighted by atomic mass is 9.93. The Bertz CT molecular complexity index is 1060. The van der Waals surface area contributed by atoms with Gasteiger partial charge in [-0.3, -0.25) is 9.59 Å². The van der Waals surface area contributed by atoms with Crippen LogP contribution in [0.5, 0.6) is 5.75 Å². The van der Waals surface area contributed by atoms with E-state index in [1.54, 1.807) is 13.2 Å². The van der Waals surface area contributed by atoms with E-state index < -0.39 is 0 Å². The molecule has 0 saturated carbocycles. The maximum absolute atomic E-state index is 13.0. The van der Waals surface area contributed by atoms with Gasteiger partial charge in [0.25, 0.3) is 11.8 Å². The van der Waals surface area contributed by atoms with Crippen LogP contribution in [0.3, 0.4) is 0 Å². The smallest absolute Gasteiger partial charge is 0.255 e. The molecule has 9 heteroatoms. The molecule has 2 aliphatic rings. The van der Waals surface area contributed by atoms with Gasteiger partial charge < -0.3 is 30.3 Å². The van der Waals surface area contributed by atoms with Gasteiger partial charge in [0, 0.05) is 51.5 Å². The second-order valence-electron chi connectivity index (χ2n) is 9.58. The highest BCUT2D eigenvalue weighted by Crippen LogP contribution is 2.29. The molecular weight excluding hydrogens is 480 g/mol. The highest BCUT2D eigenvalue weighted by molar-refractivity contribution is 6.33. The summed E-state index contributed by atoms with van der Waals surface area (Å²) in [5.41, 5.74) is 7.31. The maximum Gasteiger partial charge on any atom is 0.255 e. The van der Waals surface area contributed by atoms with Crippen LogP contribution < -0.4 is 15.8 Å². The van der Waals surface area contributed by atoms with Crippen molar-refractivity contribution in [2.75, 3.05) is 52.7 Å². The third-order valence-corrected chi connectivity index (χ3v) is 7.59. The molecule has 0 spiro atoms. The molecule has 2 aromatic carbocycles.